The van der Waals surface area contributed by atoms with Crippen molar-refractivity contribution in [3.8, 4) is 5.75 Å². The van der Waals surface area contributed by atoms with Crippen molar-refractivity contribution in [3.63, 3.8) is 0 Å². The van der Waals surface area contributed by atoms with E-state index < -0.39 is 5.54 Å². The van der Waals surface area contributed by atoms with E-state index in [9.17, 15) is 14.4 Å². The molecule has 1 atom stereocenters. The summed E-state index contributed by atoms with van der Waals surface area (Å²) in [6, 6.07) is 17.0. The lowest BCUT2D eigenvalue weighted by Gasteiger charge is -2.43. The predicted octanol–water partition coefficient (Wildman–Crippen LogP) is 2.32. The maximum Gasteiger partial charge on any atom is 0.271 e. The molecule has 172 valence electrons. The number of likely N-dealkylation sites (N-methyl/N-ethyl adjacent to an activating group) is 1. The summed E-state index contributed by atoms with van der Waals surface area (Å²) < 4.78 is 7.02. The minimum Gasteiger partial charge on any atom is -0.497 e. The lowest BCUT2D eigenvalue weighted by Crippen LogP contribution is -2.64. The molecular formula is C25H28N4O4. The zero-order valence-corrected chi connectivity index (χ0v) is 19.1. The molecule has 2 aromatic carbocycles. The number of nitrogens with one attached hydrogen (secondary N) is 2. The zero-order chi connectivity index (χ0) is 23.6. The Morgan fingerprint density at radius 3 is 2.52 bits per heavy atom. The SMILES string of the molecule is CCN1C(=O)c2cc3ccccc3n2C[C@@]1(C)C(=O)NCC(=O)NCc1ccc(OC)cc1. The minimum absolute atomic E-state index is 0.171. The third-order valence-corrected chi connectivity index (χ3v) is 6.20. The van der Waals surface area contributed by atoms with Crippen molar-refractivity contribution in [3.05, 3.63) is 65.9 Å². The molecule has 1 aliphatic heterocycles. The van der Waals surface area contributed by atoms with E-state index in [-0.39, 0.29) is 24.3 Å². The highest BCUT2D eigenvalue weighted by atomic mass is 16.5. The second-order valence-corrected chi connectivity index (χ2v) is 8.31. The van der Waals surface area contributed by atoms with E-state index in [1.807, 2.05) is 66.1 Å². The molecule has 4 rings (SSSR count). The topological polar surface area (TPSA) is 92.7 Å². The first-order valence-electron chi connectivity index (χ1n) is 11.0. The highest BCUT2D eigenvalue weighted by Crippen LogP contribution is 2.32. The van der Waals surface area contributed by atoms with Crippen LogP contribution in [0, 0.1) is 0 Å². The Bertz CT molecular complexity index is 1200. The predicted molar refractivity (Wildman–Crippen MR) is 125 cm³/mol. The van der Waals surface area contributed by atoms with Crippen LogP contribution in [0.25, 0.3) is 10.9 Å². The summed E-state index contributed by atoms with van der Waals surface area (Å²) in [4.78, 5) is 40.4. The quantitative estimate of drug-likeness (QED) is 0.580. The van der Waals surface area contributed by atoms with Crippen LogP contribution >= 0.6 is 0 Å². The van der Waals surface area contributed by atoms with Crippen LogP contribution in [0.2, 0.25) is 0 Å². The molecule has 8 heteroatoms. The molecule has 1 aromatic heterocycles. The summed E-state index contributed by atoms with van der Waals surface area (Å²) >= 11 is 0. The average Bonchev–Trinajstić information content (AvgIpc) is 3.20. The second-order valence-electron chi connectivity index (χ2n) is 8.31. The molecule has 33 heavy (non-hydrogen) atoms. The van der Waals surface area contributed by atoms with Crippen LogP contribution in [0.15, 0.2) is 54.6 Å². The number of para-hydroxylation sites is 1. The van der Waals surface area contributed by atoms with Crippen LogP contribution < -0.4 is 15.4 Å². The molecule has 0 spiro atoms. The van der Waals surface area contributed by atoms with Gasteiger partial charge in [-0.05, 0) is 43.7 Å². The molecule has 1 aliphatic rings. The van der Waals surface area contributed by atoms with Gasteiger partial charge in [0, 0.05) is 24.0 Å². The van der Waals surface area contributed by atoms with Crippen molar-refractivity contribution >= 4 is 28.6 Å². The number of hydrogen-bond acceptors (Lipinski definition) is 4. The second kappa shape index (κ2) is 8.97. The Morgan fingerprint density at radius 2 is 1.82 bits per heavy atom. The standard InChI is InChI=1S/C25H28N4O4/c1-4-29-23(31)21-13-18-7-5-6-8-20(18)28(21)16-25(29,2)24(32)27-15-22(30)26-14-17-9-11-19(33-3)12-10-17/h5-13H,4,14-16H2,1-3H3,(H,26,30)(H,27,32)/t25-/m0/s1. The number of carbonyl (C=O) groups is 3. The Kier molecular flexibility index (Phi) is 6.09. The fourth-order valence-electron chi connectivity index (χ4n) is 4.36. The van der Waals surface area contributed by atoms with Crippen LogP contribution in [0.4, 0.5) is 0 Å². The van der Waals surface area contributed by atoms with Crippen molar-refractivity contribution < 1.29 is 19.1 Å². The smallest absolute Gasteiger partial charge is 0.271 e. The highest BCUT2D eigenvalue weighted by molar-refractivity contribution is 6.04. The fourth-order valence-corrected chi connectivity index (χ4v) is 4.36. The number of rotatable bonds is 7. The van der Waals surface area contributed by atoms with Gasteiger partial charge in [-0.15, -0.1) is 0 Å². The molecule has 0 aliphatic carbocycles. The fraction of sp³-hybridized carbons (Fsp3) is 0.320. The van der Waals surface area contributed by atoms with E-state index in [0.717, 1.165) is 22.2 Å². The first kappa shape index (κ1) is 22.4. The Morgan fingerprint density at radius 1 is 1.09 bits per heavy atom. The molecule has 0 radical (unpaired) electrons. The summed E-state index contributed by atoms with van der Waals surface area (Å²) in [5, 5.41) is 6.48. The normalized spacial score (nSPS) is 17.5. The van der Waals surface area contributed by atoms with E-state index in [2.05, 4.69) is 10.6 Å². The number of methoxy groups -OCH3 is 1. The largest absolute Gasteiger partial charge is 0.497 e. The van der Waals surface area contributed by atoms with Crippen LogP contribution in [0.5, 0.6) is 5.75 Å². The van der Waals surface area contributed by atoms with E-state index in [0.29, 0.717) is 25.3 Å². The Labute approximate surface area is 192 Å². The monoisotopic (exact) mass is 448 g/mol. The van der Waals surface area contributed by atoms with Gasteiger partial charge in [-0.1, -0.05) is 30.3 Å². The minimum atomic E-state index is -1.11. The van der Waals surface area contributed by atoms with Crippen molar-refractivity contribution in [2.24, 2.45) is 0 Å². The van der Waals surface area contributed by atoms with Gasteiger partial charge in [-0.2, -0.15) is 0 Å². The lowest BCUT2D eigenvalue weighted by atomic mass is 9.95. The number of hydrogen-bond donors (Lipinski definition) is 2. The molecule has 0 unspecified atom stereocenters. The number of amides is 3. The van der Waals surface area contributed by atoms with E-state index in [4.69, 9.17) is 4.74 Å². The zero-order valence-electron chi connectivity index (χ0n) is 19.1. The summed E-state index contributed by atoms with van der Waals surface area (Å²) in [5.74, 6) is -0.117. The third kappa shape index (κ3) is 4.16. The average molecular weight is 449 g/mol. The van der Waals surface area contributed by atoms with Gasteiger partial charge in [0.25, 0.3) is 5.91 Å². The molecule has 2 heterocycles. The highest BCUT2D eigenvalue weighted by Gasteiger charge is 2.46. The molecule has 3 aromatic rings. The number of carbonyl (C=O) groups excluding carboxylic acids is 3. The molecule has 0 bridgehead atoms. The van der Waals surface area contributed by atoms with E-state index in [1.165, 1.54) is 0 Å². The number of nitrogens with zero attached hydrogens (tertiary/aromatic N) is 2. The van der Waals surface area contributed by atoms with Crippen LogP contribution in [0.1, 0.15) is 29.9 Å². The van der Waals surface area contributed by atoms with Gasteiger partial charge >= 0.3 is 0 Å². The van der Waals surface area contributed by atoms with Crippen molar-refractivity contribution in [2.45, 2.75) is 32.5 Å². The van der Waals surface area contributed by atoms with Crippen molar-refractivity contribution in [1.82, 2.24) is 20.1 Å². The van der Waals surface area contributed by atoms with E-state index >= 15 is 0 Å². The summed E-state index contributed by atoms with van der Waals surface area (Å²) in [6.45, 7) is 4.46. The maximum absolute atomic E-state index is 13.2. The number of ether oxygens (including phenoxy) is 1. The summed E-state index contributed by atoms with van der Waals surface area (Å²) in [5.41, 5.74) is 1.29. The Hall–Kier alpha value is -3.81. The van der Waals surface area contributed by atoms with Gasteiger partial charge in [-0.3, -0.25) is 14.4 Å². The number of aromatic nitrogens is 1. The molecule has 8 nitrogen and oxygen atoms in total. The number of benzene rings is 2. The molecule has 3 amide bonds. The number of fused-ring (bicyclic) bond motifs is 3. The van der Waals surface area contributed by atoms with Crippen molar-refractivity contribution in [2.75, 3.05) is 20.2 Å². The Balaban J connectivity index is 1.44. The van der Waals surface area contributed by atoms with E-state index in [1.54, 1.807) is 18.9 Å². The van der Waals surface area contributed by atoms with Gasteiger partial charge in [-0.25, -0.2) is 0 Å². The molecule has 0 saturated heterocycles. The van der Waals surface area contributed by atoms with Crippen LogP contribution in [-0.4, -0.2) is 52.9 Å². The maximum atomic E-state index is 13.2. The lowest BCUT2D eigenvalue weighted by molar-refractivity contribution is -0.134. The van der Waals surface area contributed by atoms with Gasteiger partial charge < -0.3 is 24.8 Å². The first-order chi connectivity index (χ1) is 15.9. The van der Waals surface area contributed by atoms with Crippen molar-refractivity contribution in [1.29, 1.82) is 0 Å². The molecular weight excluding hydrogens is 420 g/mol. The van der Waals surface area contributed by atoms with Gasteiger partial charge in [0.05, 0.1) is 20.2 Å². The van der Waals surface area contributed by atoms with Crippen LogP contribution in [-0.2, 0) is 22.7 Å². The molecule has 2 N–H and O–H groups in total. The van der Waals surface area contributed by atoms with Gasteiger partial charge in [0.15, 0.2) is 0 Å². The van der Waals surface area contributed by atoms with Gasteiger partial charge in [0.2, 0.25) is 11.8 Å². The van der Waals surface area contributed by atoms with Gasteiger partial charge in [0.1, 0.15) is 17.0 Å². The molecule has 0 fully saturated rings. The first-order valence-corrected chi connectivity index (χ1v) is 11.0. The summed E-state index contributed by atoms with van der Waals surface area (Å²) in [6.07, 6.45) is 0. The third-order valence-electron chi connectivity index (χ3n) is 6.20. The van der Waals surface area contributed by atoms with Crippen LogP contribution in [0.3, 0.4) is 0 Å². The summed E-state index contributed by atoms with van der Waals surface area (Å²) in [7, 11) is 1.60. The molecule has 0 saturated carbocycles.